The largest absolute Gasteiger partial charge is 0.490 e. The first-order chi connectivity index (χ1) is 10.3. The quantitative estimate of drug-likeness (QED) is 0.837. The summed E-state index contributed by atoms with van der Waals surface area (Å²) in [5.41, 5.74) is 0.838. The maximum atomic E-state index is 12.2. The molecule has 1 fully saturated rings. The lowest BCUT2D eigenvalue weighted by atomic mass is 9.93. The zero-order valence-electron chi connectivity index (χ0n) is 12.4. The Kier molecular flexibility index (Phi) is 4.59. The van der Waals surface area contributed by atoms with E-state index < -0.39 is 0 Å². The van der Waals surface area contributed by atoms with Crippen molar-refractivity contribution in [2.45, 2.75) is 51.0 Å². The molecule has 0 saturated heterocycles. The van der Waals surface area contributed by atoms with Gasteiger partial charge in [-0.05, 0) is 57.1 Å². The summed E-state index contributed by atoms with van der Waals surface area (Å²) in [6.45, 7) is 0. The molecule has 1 amide bonds. The molecule has 3 heteroatoms. The van der Waals surface area contributed by atoms with Crippen LogP contribution in [-0.2, 0) is 4.79 Å². The summed E-state index contributed by atoms with van der Waals surface area (Å²) >= 11 is 0. The van der Waals surface area contributed by atoms with E-state index in [0.717, 1.165) is 43.5 Å². The fourth-order valence-corrected chi connectivity index (χ4v) is 3.12. The van der Waals surface area contributed by atoms with Crippen LogP contribution in [0.15, 0.2) is 36.4 Å². The second-order valence-electron chi connectivity index (χ2n) is 6.02. The summed E-state index contributed by atoms with van der Waals surface area (Å²) < 4.78 is 5.98. The molecular formula is C18H23NO2. The molecule has 21 heavy (non-hydrogen) atoms. The molecule has 1 N–H and O–H groups in total. The van der Waals surface area contributed by atoms with Gasteiger partial charge in [-0.3, -0.25) is 4.79 Å². The van der Waals surface area contributed by atoms with Gasteiger partial charge in [0.1, 0.15) is 5.75 Å². The molecule has 3 nitrogen and oxygen atoms in total. The lowest BCUT2D eigenvalue weighted by molar-refractivity contribution is -0.120. The van der Waals surface area contributed by atoms with Gasteiger partial charge in [0.25, 0.3) is 0 Å². The van der Waals surface area contributed by atoms with E-state index in [1.807, 2.05) is 24.3 Å². The van der Waals surface area contributed by atoms with Crippen LogP contribution in [0.1, 0.15) is 44.9 Å². The number of amides is 1. The minimum absolute atomic E-state index is 0.106. The highest BCUT2D eigenvalue weighted by atomic mass is 16.5. The summed E-state index contributed by atoms with van der Waals surface area (Å²) in [6, 6.07) is 7.78. The smallest absolute Gasteiger partial charge is 0.227 e. The Morgan fingerprint density at radius 2 is 2.00 bits per heavy atom. The van der Waals surface area contributed by atoms with Crippen molar-refractivity contribution in [3.8, 4) is 5.75 Å². The number of rotatable bonds is 4. The first-order valence-corrected chi connectivity index (χ1v) is 8.04. The van der Waals surface area contributed by atoms with Crippen molar-refractivity contribution in [2.24, 2.45) is 5.92 Å². The molecule has 0 bridgehead atoms. The third-order valence-corrected chi connectivity index (χ3v) is 4.35. The predicted octanol–water partition coefficient (Wildman–Crippen LogP) is 4.30. The Hall–Kier alpha value is -1.77. The molecule has 0 radical (unpaired) electrons. The molecule has 0 unspecified atom stereocenters. The summed E-state index contributed by atoms with van der Waals surface area (Å²) in [6.07, 6.45) is 12.2. The Bertz CT molecular complexity index is 518. The lowest BCUT2D eigenvalue weighted by Gasteiger charge is -2.18. The predicted molar refractivity (Wildman–Crippen MR) is 84.4 cm³/mol. The van der Waals surface area contributed by atoms with Crippen LogP contribution in [0.25, 0.3) is 0 Å². The highest BCUT2D eigenvalue weighted by Crippen LogP contribution is 2.26. The van der Waals surface area contributed by atoms with Crippen molar-refractivity contribution < 1.29 is 9.53 Å². The van der Waals surface area contributed by atoms with Crippen LogP contribution in [0.5, 0.6) is 5.75 Å². The van der Waals surface area contributed by atoms with E-state index in [9.17, 15) is 4.79 Å². The second-order valence-corrected chi connectivity index (χ2v) is 6.02. The standard InChI is InChI=1S/C18H23NO2/c20-18(14-7-2-1-3-8-14)19-15-9-6-12-17(13-15)21-16-10-4-5-11-16/h1-2,6,9,12-14,16H,3-5,7-8,10-11H2,(H,19,20)/t14-/m0/s1. The Labute approximate surface area is 126 Å². The number of hydrogen-bond acceptors (Lipinski definition) is 2. The molecule has 2 aliphatic rings. The zero-order valence-corrected chi connectivity index (χ0v) is 12.4. The van der Waals surface area contributed by atoms with Crippen LogP contribution in [0.3, 0.4) is 0 Å². The van der Waals surface area contributed by atoms with Gasteiger partial charge in [0, 0.05) is 17.7 Å². The fourth-order valence-electron chi connectivity index (χ4n) is 3.12. The van der Waals surface area contributed by atoms with Crippen LogP contribution in [0.2, 0.25) is 0 Å². The molecule has 1 aromatic carbocycles. The summed E-state index contributed by atoms with van der Waals surface area (Å²) in [5, 5.41) is 3.02. The molecule has 0 aliphatic heterocycles. The summed E-state index contributed by atoms with van der Waals surface area (Å²) in [5.74, 6) is 1.09. The van der Waals surface area contributed by atoms with Crippen molar-refractivity contribution in [1.82, 2.24) is 0 Å². The Balaban J connectivity index is 1.59. The van der Waals surface area contributed by atoms with Crippen molar-refractivity contribution >= 4 is 11.6 Å². The molecular weight excluding hydrogens is 262 g/mol. The van der Waals surface area contributed by atoms with Crippen molar-refractivity contribution in [2.75, 3.05) is 5.32 Å². The van der Waals surface area contributed by atoms with Crippen molar-refractivity contribution in [3.63, 3.8) is 0 Å². The minimum Gasteiger partial charge on any atom is -0.490 e. The summed E-state index contributed by atoms with van der Waals surface area (Å²) in [4.78, 5) is 12.2. The van der Waals surface area contributed by atoms with E-state index in [2.05, 4.69) is 17.5 Å². The van der Waals surface area contributed by atoms with Crippen LogP contribution < -0.4 is 10.1 Å². The average molecular weight is 285 g/mol. The van der Waals surface area contributed by atoms with E-state index in [1.165, 1.54) is 12.8 Å². The van der Waals surface area contributed by atoms with Crippen LogP contribution in [0, 0.1) is 5.92 Å². The van der Waals surface area contributed by atoms with Gasteiger partial charge in [-0.15, -0.1) is 0 Å². The number of allylic oxidation sites excluding steroid dienone is 2. The molecule has 0 heterocycles. The maximum absolute atomic E-state index is 12.2. The molecule has 1 saturated carbocycles. The van der Waals surface area contributed by atoms with E-state index in [1.54, 1.807) is 0 Å². The molecule has 2 aliphatic carbocycles. The number of hydrogen-bond donors (Lipinski definition) is 1. The number of ether oxygens (including phenoxy) is 1. The van der Waals surface area contributed by atoms with Gasteiger partial charge in [-0.25, -0.2) is 0 Å². The van der Waals surface area contributed by atoms with Gasteiger partial charge in [-0.1, -0.05) is 18.2 Å². The fraction of sp³-hybridized carbons (Fsp3) is 0.500. The third-order valence-electron chi connectivity index (χ3n) is 4.35. The van der Waals surface area contributed by atoms with Crippen molar-refractivity contribution in [3.05, 3.63) is 36.4 Å². The van der Waals surface area contributed by atoms with Gasteiger partial charge in [0.2, 0.25) is 5.91 Å². The Morgan fingerprint density at radius 1 is 1.14 bits per heavy atom. The number of benzene rings is 1. The first kappa shape index (κ1) is 14.2. The molecule has 3 rings (SSSR count). The van der Waals surface area contributed by atoms with E-state index in [4.69, 9.17) is 4.74 Å². The van der Waals surface area contributed by atoms with Crippen LogP contribution in [0.4, 0.5) is 5.69 Å². The number of carbonyl (C=O) groups excluding carboxylic acids is 1. The minimum atomic E-state index is 0.106. The average Bonchev–Trinajstić information content (AvgIpc) is 3.01. The highest BCUT2D eigenvalue weighted by Gasteiger charge is 2.19. The summed E-state index contributed by atoms with van der Waals surface area (Å²) in [7, 11) is 0. The van der Waals surface area contributed by atoms with Gasteiger partial charge in [-0.2, -0.15) is 0 Å². The van der Waals surface area contributed by atoms with E-state index in [0.29, 0.717) is 6.10 Å². The van der Waals surface area contributed by atoms with Gasteiger partial charge >= 0.3 is 0 Å². The van der Waals surface area contributed by atoms with Crippen molar-refractivity contribution in [1.29, 1.82) is 0 Å². The Morgan fingerprint density at radius 3 is 2.76 bits per heavy atom. The maximum Gasteiger partial charge on any atom is 0.227 e. The monoisotopic (exact) mass is 285 g/mol. The van der Waals surface area contributed by atoms with Gasteiger partial charge < -0.3 is 10.1 Å². The molecule has 0 aromatic heterocycles. The van der Waals surface area contributed by atoms with Crippen LogP contribution >= 0.6 is 0 Å². The second kappa shape index (κ2) is 6.79. The van der Waals surface area contributed by atoms with E-state index >= 15 is 0 Å². The molecule has 112 valence electrons. The molecule has 0 spiro atoms. The zero-order chi connectivity index (χ0) is 14.5. The number of nitrogens with one attached hydrogen (secondary N) is 1. The van der Waals surface area contributed by atoms with E-state index in [-0.39, 0.29) is 11.8 Å². The normalized spacial score (nSPS) is 22.2. The molecule has 1 aromatic rings. The highest BCUT2D eigenvalue weighted by molar-refractivity contribution is 5.92. The topological polar surface area (TPSA) is 38.3 Å². The lowest BCUT2D eigenvalue weighted by Crippen LogP contribution is -2.23. The van der Waals surface area contributed by atoms with Gasteiger partial charge in [0.15, 0.2) is 0 Å². The first-order valence-electron chi connectivity index (χ1n) is 8.04. The number of carbonyl (C=O) groups is 1. The third kappa shape index (κ3) is 3.87. The number of anilines is 1. The van der Waals surface area contributed by atoms with Gasteiger partial charge in [0.05, 0.1) is 6.10 Å². The van der Waals surface area contributed by atoms with Crippen LogP contribution in [-0.4, -0.2) is 12.0 Å². The molecule has 1 atom stereocenters. The SMILES string of the molecule is O=C(Nc1cccc(OC2CCCC2)c1)[C@H]1CC=CCC1.